The van der Waals surface area contributed by atoms with Crippen LogP contribution in [-0.2, 0) is 4.79 Å². The molecule has 0 aliphatic heterocycles. The zero-order chi connectivity index (χ0) is 11.0. The number of carbonyl (C=O) groups is 2. The van der Waals surface area contributed by atoms with Crippen LogP contribution in [0.3, 0.4) is 0 Å². The minimum absolute atomic E-state index is 0.241. The fraction of sp³-hybridized carbons (Fsp3) is 0.556. The molecule has 0 aromatic rings. The van der Waals surface area contributed by atoms with Gasteiger partial charge in [-0.2, -0.15) is 0 Å². The third-order valence-electron chi connectivity index (χ3n) is 1.59. The fourth-order valence-corrected chi connectivity index (χ4v) is 0.945. The molecule has 0 rings (SSSR count). The molecule has 14 heavy (non-hydrogen) atoms. The van der Waals surface area contributed by atoms with Crippen molar-refractivity contribution in [1.82, 2.24) is 4.90 Å². The van der Waals surface area contributed by atoms with E-state index in [0.29, 0.717) is 13.0 Å². The standard InChI is InChI=1S/C9H16N2O3/c1-2-3-4-5-6-11(9(13)14)7-8(10)12/h3-4H,2,5-7H2,1H3,(H2,10,12)(H,13,14). The SMILES string of the molecule is CCC=CCCN(CC(N)=O)C(=O)O. The van der Waals surface area contributed by atoms with E-state index in [1.165, 1.54) is 0 Å². The zero-order valence-electron chi connectivity index (χ0n) is 8.27. The predicted octanol–water partition coefficient (Wildman–Crippen LogP) is 0.808. The molecule has 0 unspecified atom stereocenters. The van der Waals surface area contributed by atoms with E-state index in [9.17, 15) is 9.59 Å². The lowest BCUT2D eigenvalue weighted by molar-refractivity contribution is -0.118. The van der Waals surface area contributed by atoms with Crippen LogP contribution in [0.15, 0.2) is 12.2 Å². The van der Waals surface area contributed by atoms with Crippen LogP contribution in [0, 0.1) is 0 Å². The number of rotatable bonds is 6. The van der Waals surface area contributed by atoms with Gasteiger partial charge in [0.2, 0.25) is 5.91 Å². The number of amides is 2. The molecule has 0 atom stereocenters. The highest BCUT2D eigenvalue weighted by Crippen LogP contribution is 1.94. The van der Waals surface area contributed by atoms with E-state index < -0.39 is 12.0 Å². The van der Waals surface area contributed by atoms with Crippen molar-refractivity contribution in [2.24, 2.45) is 5.73 Å². The fourth-order valence-electron chi connectivity index (χ4n) is 0.945. The second-order valence-corrected chi connectivity index (χ2v) is 2.84. The van der Waals surface area contributed by atoms with Gasteiger partial charge in [-0.25, -0.2) is 4.79 Å². The Bertz CT molecular complexity index is 226. The highest BCUT2D eigenvalue weighted by molar-refractivity contribution is 5.80. The summed E-state index contributed by atoms with van der Waals surface area (Å²) in [6, 6.07) is 0. The van der Waals surface area contributed by atoms with E-state index in [2.05, 4.69) is 0 Å². The van der Waals surface area contributed by atoms with Gasteiger partial charge in [0.1, 0.15) is 6.54 Å². The van der Waals surface area contributed by atoms with Crippen molar-refractivity contribution >= 4 is 12.0 Å². The van der Waals surface area contributed by atoms with Gasteiger partial charge in [-0.05, 0) is 12.8 Å². The lowest BCUT2D eigenvalue weighted by atomic mass is 10.3. The topological polar surface area (TPSA) is 83.6 Å². The van der Waals surface area contributed by atoms with Crippen molar-refractivity contribution in [3.8, 4) is 0 Å². The first-order chi connectivity index (χ1) is 6.57. The number of carbonyl (C=O) groups excluding carboxylic acids is 1. The molecule has 80 valence electrons. The van der Waals surface area contributed by atoms with Crippen LogP contribution in [0.4, 0.5) is 4.79 Å². The number of carboxylic acid groups (broad SMARTS) is 1. The molecule has 0 fully saturated rings. The van der Waals surface area contributed by atoms with Crippen molar-refractivity contribution in [1.29, 1.82) is 0 Å². The van der Waals surface area contributed by atoms with Crippen molar-refractivity contribution in [3.05, 3.63) is 12.2 Å². The molecule has 5 nitrogen and oxygen atoms in total. The van der Waals surface area contributed by atoms with Gasteiger partial charge in [0.15, 0.2) is 0 Å². The summed E-state index contributed by atoms with van der Waals surface area (Å²) in [5.74, 6) is -0.633. The van der Waals surface area contributed by atoms with Crippen molar-refractivity contribution in [2.45, 2.75) is 19.8 Å². The molecule has 0 aliphatic rings. The lowest BCUT2D eigenvalue weighted by Gasteiger charge is -2.15. The highest BCUT2D eigenvalue weighted by Gasteiger charge is 2.12. The Morgan fingerprint density at radius 3 is 2.50 bits per heavy atom. The van der Waals surface area contributed by atoms with Gasteiger partial charge in [0, 0.05) is 6.54 Å². The molecular weight excluding hydrogens is 184 g/mol. The summed E-state index contributed by atoms with van der Waals surface area (Å²) in [6.07, 6.45) is 4.24. The van der Waals surface area contributed by atoms with Crippen LogP contribution in [-0.4, -0.2) is 35.1 Å². The maximum Gasteiger partial charge on any atom is 0.407 e. The number of nitrogens with zero attached hydrogens (tertiary/aromatic N) is 1. The third-order valence-corrected chi connectivity index (χ3v) is 1.59. The first kappa shape index (κ1) is 12.5. The Morgan fingerprint density at radius 2 is 2.07 bits per heavy atom. The molecule has 3 N–H and O–H groups in total. The number of hydrogen-bond acceptors (Lipinski definition) is 2. The van der Waals surface area contributed by atoms with Crippen LogP contribution >= 0.6 is 0 Å². The summed E-state index contributed by atoms with van der Waals surface area (Å²) in [7, 11) is 0. The van der Waals surface area contributed by atoms with Gasteiger partial charge < -0.3 is 10.8 Å². The third kappa shape index (κ3) is 6.05. The Morgan fingerprint density at radius 1 is 1.43 bits per heavy atom. The molecule has 0 aromatic carbocycles. The molecule has 0 saturated carbocycles. The van der Waals surface area contributed by atoms with Crippen LogP contribution in [0.25, 0.3) is 0 Å². The Kier molecular flexibility index (Phi) is 6.19. The summed E-state index contributed by atoms with van der Waals surface area (Å²) in [5, 5.41) is 8.67. The van der Waals surface area contributed by atoms with E-state index in [1.54, 1.807) is 0 Å². The zero-order valence-corrected chi connectivity index (χ0v) is 8.27. The second kappa shape index (κ2) is 6.94. The highest BCUT2D eigenvalue weighted by atomic mass is 16.4. The molecule has 2 amide bonds. The van der Waals surface area contributed by atoms with E-state index in [0.717, 1.165) is 11.3 Å². The maximum atomic E-state index is 10.6. The molecule has 0 bridgehead atoms. The molecule has 0 heterocycles. The van der Waals surface area contributed by atoms with E-state index >= 15 is 0 Å². The largest absolute Gasteiger partial charge is 0.465 e. The van der Waals surface area contributed by atoms with E-state index in [4.69, 9.17) is 10.8 Å². The van der Waals surface area contributed by atoms with Gasteiger partial charge >= 0.3 is 6.09 Å². The van der Waals surface area contributed by atoms with Gasteiger partial charge in [-0.3, -0.25) is 9.69 Å². The molecule has 5 heteroatoms. The average Bonchev–Trinajstić information content (AvgIpc) is 2.09. The summed E-state index contributed by atoms with van der Waals surface area (Å²) in [5.41, 5.74) is 4.90. The number of allylic oxidation sites excluding steroid dienone is 1. The lowest BCUT2D eigenvalue weighted by Crippen LogP contribution is -2.37. The molecule has 0 aliphatic carbocycles. The first-order valence-corrected chi connectivity index (χ1v) is 4.49. The van der Waals surface area contributed by atoms with Gasteiger partial charge in [0.25, 0.3) is 0 Å². The Balaban J connectivity index is 3.91. The van der Waals surface area contributed by atoms with Crippen LogP contribution in [0.1, 0.15) is 19.8 Å². The molecule has 0 spiro atoms. The summed E-state index contributed by atoms with van der Waals surface area (Å²) < 4.78 is 0. The molecule has 0 saturated heterocycles. The Hall–Kier alpha value is -1.52. The molecular formula is C9H16N2O3. The van der Waals surface area contributed by atoms with Crippen LogP contribution < -0.4 is 5.73 Å². The van der Waals surface area contributed by atoms with Crippen molar-refractivity contribution in [2.75, 3.05) is 13.1 Å². The predicted molar refractivity (Wildman–Crippen MR) is 52.8 cm³/mol. The normalized spacial score (nSPS) is 10.4. The van der Waals surface area contributed by atoms with Crippen molar-refractivity contribution < 1.29 is 14.7 Å². The van der Waals surface area contributed by atoms with Gasteiger partial charge in [-0.1, -0.05) is 19.1 Å². The summed E-state index contributed by atoms with van der Waals surface area (Å²) in [6.45, 7) is 2.05. The molecule has 0 aromatic heterocycles. The maximum absolute atomic E-state index is 10.6. The smallest absolute Gasteiger partial charge is 0.407 e. The number of nitrogens with two attached hydrogens (primary N) is 1. The van der Waals surface area contributed by atoms with E-state index in [1.807, 2.05) is 19.1 Å². The minimum Gasteiger partial charge on any atom is -0.465 e. The summed E-state index contributed by atoms with van der Waals surface area (Å²) >= 11 is 0. The second-order valence-electron chi connectivity index (χ2n) is 2.84. The first-order valence-electron chi connectivity index (χ1n) is 4.49. The number of primary amides is 1. The van der Waals surface area contributed by atoms with Gasteiger partial charge in [-0.15, -0.1) is 0 Å². The average molecular weight is 200 g/mol. The van der Waals surface area contributed by atoms with Crippen LogP contribution in [0.2, 0.25) is 0 Å². The monoisotopic (exact) mass is 200 g/mol. The molecule has 0 radical (unpaired) electrons. The van der Waals surface area contributed by atoms with E-state index in [-0.39, 0.29) is 6.54 Å². The Labute approximate surface area is 83.2 Å². The van der Waals surface area contributed by atoms with Gasteiger partial charge in [0.05, 0.1) is 0 Å². The van der Waals surface area contributed by atoms with Crippen molar-refractivity contribution in [3.63, 3.8) is 0 Å². The minimum atomic E-state index is -1.12. The van der Waals surface area contributed by atoms with Crippen LogP contribution in [0.5, 0.6) is 0 Å². The summed E-state index contributed by atoms with van der Waals surface area (Å²) in [4.78, 5) is 22.1. The quantitative estimate of drug-likeness (QED) is 0.622. The number of hydrogen-bond donors (Lipinski definition) is 2.